The maximum atomic E-state index is 12.4. The molecule has 5 nitrogen and oxygen atoms in total. The minimum Gasteiger partial charge on any atom is -0.496 e. The van der Waals surface area contributed by atoms with E-state index in [1.54, 1.807) is 12.0 Å². The quantitative estimate of drug-likeness (QED) is 0.580. The third-order valence-corrected chi connectivity index (χ3v) is 5.67. The molecular weight excluding hydrogens is 356 g/mol. The molecule has 0 saturated carbocycles. The molecule has 2 heterocycles. The number of likely N-dealkylation sites (N-methyl/N-ethyl adjacent to an activating group) is 1. The van der Waals surface area contributed by atoms with Gasteiger partial charge in [0.15, 0.2) is 0 Å². The lowest BCUT2D eigenvalue weighted by Crippen LogP contribution is -2.35. The zero-order chi connectivity index (χ0) is 17.8. The molecule has 2 aliphatic rings. The lowest BCUT2D eigenvalue weighted by molar-refractivity contribution is -0.121. The van der Waals surface area contributed by atoms with Gasteiger partial charge in [-0.2, -0.15) is 0 Å². The molecule has 25 heavy (non-hydrogen) atoms. The highest BCUT2D eigenvalue weighted by Crippen LogP contribution is 2.33. The van der Waals surface area contributed by atoms with Crippen molar-refractivity contribution in [1.82, 2.24) is 9.80 Å². The van der Waals surface area contributed by atoms with E-state index >= 15 is 0 Å². The number of hydrogen-bond acceptors (Lipinski definition) is 6. The molecule has 0 unspecified atom stereocenters. The van der Waals surface area contributed by atoms with Gasteiger partial charge in [-0.1, -0.05) is 30.0 Å². The van der Waals surface area contributed by atoms with Crippen molar-refractivity contribution in [2.45, 2.75) is 13.5 Å². The normalized spacial score (nSPS) is 20.6. The van der Waals surface area contributed by atoms with E-state index in [0.29, 0.717) is 15.8 Å². The molecule has 0 aromatic heterocycles. The fourth-order valence-corrected chi connectivity index (χ4v) is 4.32. The van der Waals surface area contributed by atoms with Gasteiger partial charge in [-0.3, -0.25) is 14.6 Å². The Bertz CT molecular complexity index is 700. The van der Waals surface area contributed by atoms with Gasteiger partial charge in [-0.25, -0.2) is 0 Å². The molecule has 0 N–H and O–H groups in total. The van der Waals surface area contributed by atoms with Gasteiger partial charge in [-0.15, -0.1) is 0 Å². The molecular formula is C18H22N2O3S2. The number of nitrogens with zero attached hydrogens (tertiary/aromatic N) is 2. The standard InChI is InChI=1S/C18H22N2O3S2/c1-3-20-17(21)16(25-18(20)24)11-13-4-5-15(22-2)14(10-13)12-19-6-8-23-9-7-19/h4-5,10-11H,3,6-9,12H2,1-2H3/b16-11-. The first-order valence-electron chi connectivity index (χ1n) is 8.34. The van der Waals surface area contributed by atoms with Crippen LogP contribution in [0.25, 0.3) is 6.08 Å². The topological polar surface area (TPSA) is 42.0 Å². The highest BCUT2D eigenvalue weighted by molar-refractivity contribution is 8.26. The number of rotatable bonds is 5. The highest BCUT2D eigenvalue weighted by Gasteiger charge is 2.30. The first kappa shape index (κ1) is 18.4. The van der Waals surface area contributed by atoms with E-state index in [9.17, 15) is 4.79 Å². The van der Waals surface area contributed by atoms with Gasteiger partial charge in [0.25, 0.3) is 5.91 Å². The molecule has 1 amide bonds. The Morgan fingerprint density at radius 3 is 2.76 bits per heavy atom. The predicted molar refractivity (Wildman–Crippen MR) is 105 cm³/mol. The smallest absolute Gasteiger partial charge is 0.266 e. The molecule has 2 fully saturated rings. The zero-order valence-corrected chi connectivity index (χ0v) is 16.1. The lowest BCUT2D eigenvalue weighted by Gasteiger charge is -2.27. The third kappa shape index (κ3) is 4.23. The van der Waals surface area contributed by atoms with Crippen LogP contribution in [-0.2, 0) is 16.1 Å². The second-order valence-electron chi connectivity index (χ2n) is 5.89. The number of carbonyl (C=O) groups excluding carboxylic acids is 1. The summed E-state index contributed by atoms with van der Waals surface area (Å²) in [6.07, 6.45) is 1.91. The second kappa shape index (κ2) is 8.31. The minimum absolute atomic E-state index is 0.0111. The molecule has 3 rings (SSSR count). The number of hydrogen-bond donors (Lipinski definition) is 0. The number of morpholine rings is 1. The van der Waals surface area contributed by atoms with Gasteiger partial charge in [0.05, 0.1) is 25.2 Å². The number of amides is 1. The summed E-state index contributed by atoms with van der Waals surface area (Å²) in [4.78, 5) is 17.0. The van der Waals surface area contributed by atoms with Crippen molar-refractivity contribution in [2.24, 2.45) is 0 Å². The molecule has 1 aromatic carbocycles. The van der Waals surface area contributed by atoms with Crippen molar-refractivity contribution in [3.8, 4) is 5.75 Å². The fourth-order valence-electron chi connectivity index (χ4n) is 2.94. The van der Waals surface area contributed by atoms with Crippen LogP contribution in [0.15, 0.2) is 23.1 Å². The number of ether oxygens (including phenoxy) is 2. The zero-order valence-electron chi connectivity index (χ0n) is 14.5. The maximum absolute atomic E-state index is 12.4. The van der Waals surface area contributed by atoms with Crippen LogP contribution in [0.4, 0.5) is 0 Å². The van der Waals surface area contributed by atoms with Crippen LogP contribution in [-0.4, -0.2) is 60.0 Å². The fraction of sp³-hybridized carbons (Fsp3) is 0.444. The molecule has 2 saturated heterocycles. The van der Waals surface area contributed by atoms with E-state index in [0.717, 1.165) is 49.7 Å². The second-order valence-corrected chi connectivity index (χ2v) is 7.56. The monoisotopic (exact) mass is 378 g/mol. The first-order valence-corrected chi connectivity index (χ1v) is 9.57. The molecule has 0 atom stereocenters. The van der Waals surface area contributed by atoms with Crippen molar-refractivity contribution >= 4 is 40.3 Å². The molecule has 0 aliphatic carbocycles. The average molecular weight is 379 g/mol. The number of thiocarbonyl (C=S) groups is 1. The van der Waals surface area contributed by atoms with E-state index in [1.807, 2.05) is 25.1 Å². The van der Waals surface area contributed by atoms with Crippen LogP contribution in [0, 0.1) is 0 Å². The van der Waals surface area contributed by atoms with Gasteiger partial charge in [-0.05, 0) is 30.7 Å². The Morgan fingerprint density at radius 1 is 1.36 bits per heavy atom. The van der Waals surface area contributed by atoms with Gasteiger partial charge in [0.1, 0.15) is 10.1 Å². The van der Waals surface area contributed by atoms with Crippen LogP contribution in [0.5, 0.6) is 5.75 Å². The molecule has 1 aromatic rings. The summed E-state index contributed by atoms with van der Waals surface area (Å²) in [6, 6.07) is 6.02. The molecule has 2 aliphatic heterocycles. The van der Waals surface area contributed by atoms with Gasteiger partial charge in [0, 0.05) is 31.7 Å². The average Bonchev–Trinajstić information content (AvgIpc) is 2.89. The van der Waals surface area contributed by atoms with Crippen molar-refractivity contribution in [3.63, 3.8) is 0 Å². The Morgan fingerprint density at radius 2 is 2.12 bits per heavy atom. The van der Waals surface area contributed by atoms with E-state index < -0.39 is 0 Å². The number of methoxy groups -OCH3 is 1. The lowest BCUT2D eigenvalue weighted by atomic mass is 10.1. The Kier molecular flexibility index (Phi) is 6.11. The SMILES string of the molecule is CCN1C(=O)/C(=C/c2ccc(OC)c(CN3CCOCC3)c2)SC1=S. The predicted octanol–water partition coefficient (Wildman–Crippen LogP) is 2.75. The first-order chi connectivity index (χ1) is 12.1. The summed E-state index contributed by atoms with van der Waals surface area (Å²) in [6.45, 7) is 6.71. The van der Waals surface area contributed by atoms with Crippen molar-refractivity contribution in [1.29, 1.82) is 0 Å². The molecule has 0 radical (unpaired) electrons. The van der Waals surface area contributed by atoms with Gasteiger partial charge >= 0.3 is 0 Å². The number of carbonyl (C=O) groups is 1. The summed E-state index contributed by atoms with van der Waals surface area (Å²) in [5, 5.41) is 0. The largest absolute Gasteiger partial charge is 0.496 e. The van der Waals surface area contributed by atoms with E-state index in [1.165, 1.54) is 11.8 Å². The van der Waals surface area contributed by atoms with Crippen LogP contribution < -0.4 is 4.74 Å². The van der Waals surface area contributed by atoms with Crippen LogP contribution in [0.3, 0.4) is 0 Å². The van der Waals surface area contributed by atoms with Gasteiger partial charge in [0.2, 0.25) is 0 Å². The van der Waals surface area contributed by atoms with Crippen molar-refractivity contribution in [3.05, 3.63) is 34.2 Å². The summed E-state index contributed by atoms with van der Waals surface area (Å²) in [5.74, 6) is 0.854. The number of thioether (sulfide) groups is 1. The van der Waals surface area contributed by atoms with Crippen LogP contribution >= 0.6 is 24.0 Å². The van der Waals surface area contributed by atoms with Gasteiger partial charge < -0.3 is 9.47 Å². The molecule has 7 heteroatoms. The van der Waals surface area contributed by atoms with E-state index in [-0.39, 0.29) is 5.91 Å². The summed E-state index contributed by atoms with van der Waals surface area (Å²) < 4.78 is 11.5. The summed E-state index contributed by atoms with van der Waals surface area (Å²) >= 11 is 6.64. The van der Waals surface area contributed by atoms with Crippen molar-refractivity contribution in [2.75, 3.05) is 40.0 Å². The Hall–Kier alpha value is -1.41. The summed E-state index contributed by atoms with van der Waals surface area (Å²) in [7, 11) is 1.68. The highest BCUT2D eigenvalue weighted by atomic mass is 32.2. The van der Waals surface area contributed by atoms with Crippen LogP contribution in [0.2, 0.25) is 0 Å². The molecule has 0 bridgehead atoms. The summed E-state index contributed by atoms with van der Waals surface area (Å²) in [5.41, 5.74) is 2.10. The maximum Gasteiger partial charge on any atom is 0.266 e. The van der Waals surface area contributed by atoms with E-state index in [2.05, 4.69) is 11.0 Å². The number of benzene rings is 1. The Balaban J connectivity index is 1.82. The molecule has 0 spiro atoms. The molecule has 134 valence electrons. The van der Waals surface area contributed by atoms with Crippen LogP contribution in [0.1, 0.15) is 18.1 Å². The van der Waals surface area contributed by atoms with Crippen molar-refractivity contribution < 1.29 is 14.3 Å². The third-order valence-electron chi connectivity index (χ3n) is 4.29. The van der Waals surface area contributed by atoms with E-state index in [4.69, 9.17) is 21.7 Å². The Labute approximate surface area is 157 Å². The minimum atomic E-state index is -0.0111.